The van der Waals surface area contributed by atoms with E-state index in [1.54, 1.807) is 54.6 Å². The summed E-state index contributed by atoms with van der Waals surface area (Å²) in [5, 5.41) is 2.66. The highest BCUT2D eigenvalue weighted by Gasteiger charge is 2.80. The van der Waals surface area contributed by atoms with Crippen molar-refractivity contribution in [2.45, 2.75) is 44.8 Å². The number of hydrogen-bond donors (Lipinski definition) is 1. The Hall–Kier alpha value is -4.35. The Bertz CT molecular complexity index is 1950. The fourth-order valence-electron chi connectivity index (χ4n) is 5.52. The third kappa shape index (κ3) is 5.87. The standard InChI is InChI=1S/C36H27F6NO2S2/c1-21-27(17-29(46-21)25-11-7-4-8-12-25)31-32(35(39,40)36(41,42)34(31,37)38)28-18-30(47-22(28)2)26-15-13-24(14-16-26)20-45-33(44)43-19-23-9-5-3-6-10-23/h3-18H,19-20H2,1-2H3,(H,43,44). The van der Waals surface area contributed by atoms with E-state index in [-0.39, 0.29) is 27.5 Å². The number of hydrogen-bond acceptors (Lipinski definition) is 4. The van der Waals surface area contributed by atoms with Crippen LogP contribution in [0, 0.1) is 13.8 Å². The largest absolute Gasteiger partial charge is 0.445 e. The summed E-state index contributed by atoms with van der Waals surface area (Å²) in [7, 11) is 0. The zero-order valence-corrected chi connectivity index (χ0v) is 26.7. The fourth-order valence-corrected chi connectivity index (χ4v) is 7.58. The summed E-state index contributed by atoms with van der Waals surface area (Å²) in [6.07, 6.45) is -0.608. The number of alkyl carbamates (subject to hydrolysis) is 1. The maximum Gasteiger partial charge on any atom is 0.407 e. The van der Waals surface area contributed by atoms with Crippen molar-refractivity contribution in [3.05, 3.63) is 129 Å². The van der Waals surface area contributed by atoms with Crippen molar-refractivity contribution in [3.8, 4) is 20.9 Å². The van der Waals surface area contributed by atoms with Gasteiger partial charge in [-0.1, -0.05) is 84.9 Å². The lowest BCUT2D eigenvalue weighted by Crippen LogP contribution is -2.48. The van der Waals surface area contributed by atoms with E-state index >= 15 is 26.3 Å². The molecule has 242 valence electrons. The van der Waals surface area contributed by atoms with Crippen molar-refractivity contribution in [1.82, 2.24) is 5.32 Å². The van der Waals surface area contributed by atoms with Crippen LogP contribution < -0.4 is 5.32 Å². The van der Waals surface area contributed by atoms with Crippen LogP contribution >= 0.6 is 22.7 Å². The molecule has 3 nitrogen and oxygen atoms in total. The van der Waals surface area contributed by atoms with E-state index in [1.165, 1.54) is 26.0 Å². The third-order valence-corrected chi connectivity index (χ3v) is 10.2. The molecular formula is C36H27F6NO2S2. The molecule has 0 fully saturated rings. The Balaban J connectivity index is 1.30. The van der Waals surface area contributed by atoms with Gasteiger partial charge in [0.25, 0.3) is 0 Å². The second kappa shape index (κ2) is 12.4. The van der Waals surface area contributed by atoms with Gasteiger partial charge in [-0.05, 0) is 59.4 Å². The molecule has 0 bridgehead atoms. The summed E-state index contributed by atoms with van der Waals surface area (Å²) in [4.78, 5) is 13.5. The molecule has 0 radical (unpaired) electrons. The summed E-state index contributed by atoms with van der Waals surface area (Å²) in [5.41, 5.74) is -0.621. The zero-order chi connectivity index (χ0) is 33.6. The predicted octanol–water partition coefficient (Wildman–Crippen LogP) is 11.0. The molecule has 0 saturated heterocycles. The first-order chi connectivity index (χ1) is 22.3. The summed E-state index contributed by atoms with van der Waals surface area (Å²) in [5.74, 6) is -15.9. The normalized spacial score (nSPS) is 16.3. The number of aryl methyl sites for hydroxylation is 2. The number of allylic oxidation sites excluding steroid dienone is 2. The fraction of sp³-hybridized carbons (Fsp3) is 0.194. The van der Waals surface area contributed by atoms with Crippen LogP contribution in [0.25, 0.3) is 32.0 Å². The Labute approximate surface area is 275 Å². The highest BCUT2D eigenvalue weighted by atomic mass is 32.1. The van der Waals surface area contributed by atoms with Gasteiger partial charge >= 0.3 is 23.9 Å². The number of carbonyl (C=O) groups is 1. The van der Waals surface area contributed by atoms with Crippen molar-refractivity contribution in [2.75, 3.05) is 0 Å². The Kier molecular flexibility index (Phi) is 8.56. The summed E-state index contributed by atoms with van der Waals surface area (Å²) in [6, 6.07) is 27.2. The molecule has 0 atom stereocenters. The van der Waals surface area contributed by atoms with Gasteiger partial charge in [0.15, 0.2) is 0 Å². The number of benzene rings is 3. The summed E-state index contributed by atoms with van der Waals surface area (Å²) in [6.45, 7) is 3.18. The zero-order valence-electron chi connectivity index (χ0n) is 25.1. The number of alkyl halides is 6. The van der Waals surface area contributed by atoms with Gasteiger partial charge in [-0.2, -0.15) is 26.3 Å². The minimum atomic E-state index is -5.64. The van der Waals surface area contributed by atoms with Gasteiger partial charge in [-0.25, -0.2) is 4.79 Å². The van der Waals surface area contributed by atoms with Gasteiger partial charge in [-0.15, -0.1) is 22.7 Å². The van der Waals surface area contributed by atoms with Crippen LogP contribution in [0.15, 0.2) is 97.1 Å². The molecule has 0 unspecified atom stereocenters. The highest BCUT2D eigenvalue weighted by molar-refractivity contribution is 7.16. The number of thiophene rings is 2. The van der Waals surface area contributed by atoms with Crippen molar-refractivity contribution in [3.63, 3.8) is 0 Å². The molecule has 1 amide bonds. The van der Waals surface area contributed by atoms with Crippen LogP contribution in [0.5, 0.6) is 0 Å². The van der Waals surface area contributed by atoms with Crippen LogP contribution in [0.3, 0.4) is 0 Å². The van der Waals surface area contributed by atoms with E-state index in [4.69, 9.17) is 4.74 Å². The average molecular weight is 684 g/mol. The van der Waals surface area contributed by atoms with E-state index in [9.17, 15) is 4.79 Å². The molecule has 1 aliphatic rings. The molecule has 1 N–H and O–H groups in total. The van der Waals surface area contributed by atoms with E-state index in [1.807, 2.05) is 30.3 Å². The van der Waals surface area contributed by atoms with Crippen LogP contribution in [0.4, 0.5) is 31.1 Å². The SMILES string of the molecule is Cc1sc(-c2ccccc2)cc1C1=C(c2cc(-c3ccc(COC(=O)NCc4ccccc4)cc3)sc2C)C(F)(F)C(F)(F)C1(F)F. The lowest BCUT2D eigenvalue weighted by Gasteiger charge is -2.25. The van der Waals surface area contributed by atoms with Crippen LogP contribution in [0.2, 0.25) is 0 Å². The lowest BCUT2D eigenvalue weighted by molar-refractivity contribution is -0.254. The average Bonchev–Trinajstić information content (AvgIpc) is 3.66. The van der Waals surface area contributed by atoms with Gasteiger partial charge in [0, 0.05) is 37.2 Å². The predicted molar refractivity (Wildman–Crippen MR) is 174 cm³/mol. The molecular weight excluding hydrogens is 657 g/mol. The van der Waals surface area contributed by atoms with Gasteiger partial charge in [0.05, 0.1) is 0 Å². The van der Waals surface area contributed by atoms with Crippen molar-refractivity contribution < 1.29 is 35.9 Å². The molecule has 3 aromatic carbocycles. The van der Waals surface area contributed by atoms with E-state index < -0.39 is 35.0 Å². The third-order valence-electron chi connectivity index (χ3n) is 7.99. The van der Waals surface area contributed by atoms with E-state index in [2.05, 4.69) is 5.32 Å². The van der Waals surface area contributed by atoms with Crippen LogP contribution in [0.1, 0.15) is 32.0 Å². The Morgan fingerprint density at radius 1 is 0.660 bits per heavy atom. The number of ether oxygens (including phenoxy) is 1. The van der Waals surface area contributed by atoms with Crippen molar-refractivity contribution in [2.24, 2.45) is 0 Å². The minimum Gasteiger partial charge on any atom is -0.445 e. The number of amides is 1. The first-order valence-electron chi connectivity index (χ1n) is 14.5. The topological polar surface area (TPSA) is 38.3 Å². The van der Waals surface area contributed by atoms with Gasteiger partial charge in [0.1, 0.15) is 6.61 Å². The maximum atomic E-state index is 15.6. The summed E-state index contributed by atoms with van der Waals surface area (Å²) >= 11 is 2.11. The second-order valence-corrected chi connectivity index (χ2v) is 13.6. The first-order valence-corrected chi connectivity index (χ1v) is 16.1. The molecule has 11 heteroatoms. The molecule has 1 aliphatic carbocycles. The van der Waals surface area contributed by atoms with Gasteiger partial charge < -0.3 is 10.1 Å². The smallest absolute Gasteiger partial charge is 0.407 e. The van der Waals surface area contributed by atoms with E-state index in [0.29, 0.717) is 33.0 Å². The quantitative estimate of drug-likeness (QED) is 0.165. The molecule has 0 spiro atoms. The molecule has 5 aromatic rings. The lowest BCUT2D eigenvalue weighted by atomic mass is 9.94. The number of carbonyl (C=O) groups excluding carboxylic acids is 1. The first kappa shape index (κ1) is 32.6. The molecule has 2 heterocycles. The monoisotopic (exact) mass is 683 g/mol. The number of rotatable bonds is 8. The summed E-state index contributed by atoms with van der Waals surface area (Å²) < 4.78 is 97.6. The minimum absolute atomic E-state index is 0.0345. The maximum absolute atomic E-state index is 15.6. The molecule has 0 aliphatic heterocycles. The molecule has 6 rings (SSSR count). The number of halogens is 6. The highest BCUT2D eigenvalue weighted by Crippen LogP contribution is 2.66. The van der Waals surface area contributed by atoms with Crippen LogP contribution in [-0.4, -0.2) is 23.9 Å². The molecule has 2 aromatic heterocycles. The van der Waals surface area contributed by atoms with E-state index in [0.717, 1.165) is 28.2 Å². The van der Waals surface area contributed by atoms with Gasteiger partial charge in [-0.3, -0.25) is 0 Å². The molecule has 0 saturated carbocycles. The number of nitrogens with one attached hydrogen (secondary N) is 1. The Morgan fingerprint density at radius 3 is 1.64 bits per heavy atom. The van der Waals surface area contributed by atoms with Crippen molar-refractivity contribution in [1.29, 1.82) is 0 Å². The van der Waals surface area contributed by atoms with Crippen molar-refractivity contribution >= 4 is 39.9 Å². The van der Waals surface area contributed by atoms with Crippen LogP contribution in [-0.2, 0) is 17.9 Å². The molecule has 47 heavy (non-hydrogen) atoms. The Morgan fingerprint density at radius 2 is 1.13 bits per heavy atom. The van der Waals surface area contributed by atoms with Gasteiger partial charge in [0.2, 0.25) is 0 Å². The second-order valence-electron chi connectivity index (χ2n) is 11.1.